The fraction of sp³-hybridized carbons (Fsp3) is 0.600. The van der Waals surface area contributed by atoms with E-state index in [1.165, 1.54) is 30.5 Å². The molecule has 0 saturated heterocycles. The van der Waals surface area contributed by atoms with E-state index in [1.54, 1.807) is 0 Å². The van der Waals surface area contributed by atoms with Gasteiger partial charge in [-0.05, 0) is 49.7 Å². The van der Waals surface area contributed by atoms with Crippen LogP contribution in [-0.2, 0) is 0 Å². The second kappa shape index (κ2) is 4.90. The van der Waals surface area contributed by atoms with Crippen LogP contribution in [0.15, 0.2) is 24.3 Å². The molecule has 1 fully saturated rings. The predicted octanol–water partition coefficient (Wildman–Crippen LogP) is 4.23. The van der Waals surface area contributed by atoms with Gasteiger partial charge in [-0.25, -0.2) is 0 Å². The van der Waals surface area contributed by atoms with Crippen LogP contribution in [0.2, 0.25) is 0 Å². The largest absolute Gasteiger partial charge is 0.382 e. The van der Waals surface area contributed by atoms with Crippen LogP contribution >= 0.6 is 0 Å². The van der Waals surface area contributed by atoms with Crippen molar-refractivity contribution >= 4 is 5.69 Å². The molecule has 1 N–H and O–H groups in total. The Kier molecular flexibility index (Phi) is 3.52. The van der Waals surface area contributed by atoms with Gasteiger partial charge in [0.15, 0.2) is 0 Å². The molecule has 2 unspecified atom stereocenters. The molecule has 0 bridgehead atoms. The third kappa shape index (κ3) is 2.78. The minimum absolute atomic E-state index is 0.667. The molecule has 0 spiro atoms. The zero-order chi connectivity index (χ0) is 11.5. The third-order valence-electron chi connectivity index (χ3n) is 3.68. The molecule has 0 amide bonds. The number of anilines is 1. The van der Waals surface area contributed by atoms with Gasteiger partial charge in [-0.1, -0.05) is 32.0 Å². The fourth-order valence-electron chi connectivity index (χ4n) is 3.02. The van der Waals surface area contributed by atoms with Gasteiger partial charge in [0.1, 0.15) is 0 Å². The molecule has 1 saturated carbocycles. The maximum Gasteiger partial charge on any atom is 0.0372 e. The van der Waals surface area contributed by atoms with Crippen LogP contribution in [0.1, 0.15) is 38.7 Å². The summed E-state index contributed by atoms with van der Waals surface area (Å²) in [6, 6.07) is 9.26. The maximum atomic E-state index is 3.71. The number of nitrogens with one attached hydrogen (secondary N) is 1. The Bertz CT molecular complexity index is 335. The summed E-state index contributed by atoms with van der Waals surface area (Å²) in [5.74, 6) is 1.73. The van der Waals surface area contributed by atoms with E-state index in [0.29, 0.717) is 6.04 Å². The molecule has 1 aliphatic rings. The number of hydrogen-bond donors (Lipinski definition) is 1. The standard InChI is InChI=1S/C15H23N/c1-11-8-12(2)10-14(9-11)16-15-7-5-4-6-13(15)3/h4-7,11-12,14,16H,8-10H2,1-3H3. The van der Waals surface area contributed by atoms with Crippen molar-refractivity contribution in [3.05, 3.63) is 29.8 Å². The Morgan fingerprint density at radius 2 is 1.62 bits per heavy atom. The van der Waals surface area contributed by atoms with Crippen molar-refractivity contribution in [1.82, 2.24) is 0 Å². The Labute approximate surface area is 99.3 Å². The molecular formula is C15H23N. The number of rotatable bonds is 2. The monoisotopic (exact) mass is 217 g/mol. The second-order valence-corrected chi connectivity index (χ2v) is 5.57. The topological polar surface area (TPSA) is 12.0 Å². The Morgan fingerprint density at radius 3 is 2.25 bits per heavy atom. The lowest BCUT2D eigenvalue weighted by molar-refractivity contribution is 0.281. The van der Waals surface area contributed by atoms with E-state index < -0.39 is 0 Å². The van der Waals surface area contributed by atoms with Crippen molar-refractivity contribution < 1.29 is 0 Å². The number of para-hydroxylation sites is 1. The molecule has 0 aliphatic heterocycles. The molecule has 2 atom stereocenters. The van der Waals surface area contributed by atoms with Crippen LogP contribution in [0.5, 0.6) is 0 Å². The van der Waals surface area contributed by atoms with Crippen LogP contribution in [-0.4, -0.2) is 6.04 Å². The molecule has 1 heteroatoms. The number of aryl methyl sites for hydroxylation is 1. The van der Waals surface area contributed by atoms with E-state index in [1.807, 2.05) is 0 Å². The van der Waals surface area contributed by atoms with E-state index in [4.69, 9.17) is 0 Å². The first-order valence-electron chi connectivity index (χ1n) is 6.47. The predicted molar refractivity (Wildman–Crippen MR) is 70.8 cm³/mol. The smallest absolute Gasteiger partial charge is 0.0372 e. The van der Waals surface area contributed by atoms with E-state index in [9.17, 15) is 0 Å². The molecule has 1 nitrogen and oxygen atoms in total. The molecule has 16 heavy (non-hydrogen) atoms. The van der Waals surface area contributed by atoms with Gasteiger partial charge in [-0.3, -0.25) is 0 Å². The van der Waals surface area contributed by atoms with E-state index in [0.717, 1.165) is 11.8 Å². The Hall–Kier alpha value is -0.980. The van der Waals surface area contributed by atoms with Crippen LogP contribution in [0, 0.1) is 18.8 Å². The second-order valence-electron chi connectivity index (χ2n) is 5.57. The van der Waals surface area contributed by atoms with E-state index >= 15 is 0 Å². The quantitative estimate of drug-likeness (QED) is 0.781. The van der Waals surface area contributed by atoms with E-state index in [-0.39, 0.29) is 0 Å². The van der Waals surface area contributed by atoms with Gasteiger partial charge in [0.05, 0.1) is 0 Å². The highest BCUT2D eigenvalue weighted by molar-refractivity contribution is 5.50. The van der Waals surface area contributed by atoms with Crippen molar-refractivity contribution in [3.8, 4) is 0 Å². The zero-order valence-electron chi connectivity index (χ0n) is 10.7. The zero-order valence-corrected chi connectivity index (χ0v) is 10.7. The molecule has 1 aromatic carbocycles. The van der Waals surface area contributed by atoms with Crippen molar-refractivity contribution in [2.45, 2.75) is 46.1 Å². The molecule has 0 aromatic heterocycles. The summed E-state index contributed by atoms with van der Waals surface area (Å²) >= 11 is 0. The van der Waals surface area contributed by atoms with Gasteiger partial charge in [0, 0.05) is 11.7 Å². The molecule has 2 rings (SSSR count). The van der Waals surface area contributed by atoms with Crippen molar-refractivity contribution in [2.24, 2.45) is 11.8 Å². The van der Waals surface area contributed by atoms with Gasteiger partial charge in [0.2, 0.25) is 0 Å². The van der Waals surface area contributed by atoms with Crippen molar-refractivity contribution in [1.29, 1.82) is 0 Å². The molecule has 88 valence electrons. The normalized spacial score (nSPS) is 30.1. The lowest BCUT2D eigenvalue weighted by atomic mass is 9.80. The number of hydrogen-bond acceptors (Lipinski definition) is 1. The minimum atomic E-state index is 0.667. The summed E-state index contributed by atoms with van der Waals surface area (Å²) in [6.45, 7) is 6.93. The average Bonchev–Trinajstić information content (AvgIpc) is 2.20. The van der Waals surface area contributed by atoms with Gasteiger partial charge < -0.3 is 5.32 Å². The van der Waals surface area contributed by atoms with Crippen LogP contribution in [0.3, 0.4) is 0 Å². The van der Waals surface area contributed by atoms with Crippen molar-refractivity contribution in [3.63, 3.8) is 0 Å². The first-order chi connectivity index (χ1) is 7.65. The summed E-state index contributed by atoms with van der Waals surface area (Å²) in [7, 11) is 0. The molecule has 0 radical (unpaired) electrons. The van der Waals surface area contributed by atoms with Crippen LogP contribution < -0.4 is 5.32 Å². The van der Waals surface area contributed by atoms with Gasteiger partial charge in [-0.2, -0.15) is 0 Å². The summed E-state index contributed by atoms with van der Waals surface area (Å²) in [5.41, 5.74) is 2.67. The highest BCUT2D eigenvalue weighted by Crippen LogP contribution is 2.30. The highest BCUT2D eigenvalue weighted by Gasteiger charge is 2.23. The molecule has 0 heterocycles. The van der Waals surface area contributed by atoms with Gasteiger partial charge in [0.25, 0.3) is 0 Å². The van der Waals surface area contributed by atoms with Crippen molar-refractivity contribution in [2.75, 3.05) is 5.32 Å². The number of benzene rings is 1. The average molecular weight is 217 g/mol. The summed E-state index contributed by atoms with van der Waals surface area (Å²) in [6.07, 6.45) is 4.03. The SMILES string of the molecule is Cc1ccccc1NC1CC(C)CC(C)C1. The highest BCUT2D eigenvalue weighted by atomic mass is 14.9. The van der Waals surface area contributed by atoms with Gasteiger partial charge in [-0.15, -0.1) is 0 Å². The van der Waals surface area contributed by atoms with Crippen LogP contribution in [0.4, 0.5) is 5.69 Å². The summed E-state index contributed by atoms with van der Waals surface area (Å²) < 4.78 is 0. The summed E-state index contributed by atoms with van der Waals surface area (Å²) in [4.78, 5) is 0. The third-order valence-corrected chi connectivity index (χ3v) is 3.68. The summed E-state index contributed by atoms with van der Waals surface area (Å²) in [5, 5.41) is 3.71. The van der Waals surface area contributed by atoms with Crippen LogP contribution in [0.25, 0.3) is 0 Å². The molecular weight excluding hydrogens is 194 g/mol. The lowest BCUT2D eigenvalue weighted by Crippen LogP contribution is -2.30. The minimum Gasteiger partial charge on any atom is -0.382 e. The van der Waals surface area contributed by atoms with Gasteiger partial charge >= 0.3 is 0 Å². The Morgan fingerprint density at radius 1 is 1.00 bits per heavy atom. The molecule has 1 aliphatic carbocycles. The lowest BCUT2D eigenvalue weighted by Gasteiger charge is -2.33. The van der Waals surface area contributed by atoms with E-state index in [2.05, 4.69) is 50.4 Å². The maximum absolute atomic E-state index is 3.71. The fourth-order valence-corrected chi connectivity index (χ4v) is 3.02. The first kappa shape index (κ1) is 11.5. The first-order valence-corrected chi connectivity index (χ1v) is 6.47. The Balaban J connectivity index is 2.02. The molecule has 1 aromatic rings.